The molecule has 1 fully saturated rings. The molecule has 0 amide bonds. The van der Waals surface area contributed by atoms with Crippen molar-refractivity contribution in [2.75, 3.05) is 31.6 Å². The Labute approximate surface area is 102 Å². The smallest absolute Gasteiger partial charge is 0.225 e. The second-order valence-corrected chi connectivity index (χ2v) is 4.25. The van der Waals surface area contributed by atoms with E-state index >= 15 is 0 Å². The van der Waals surface area contributed by atoms with Gasteiger partial charge in [0, 0.05) is 19.1 Å². The van der Waals surface area contributed by atoms with Crippen LogP contribution in [0.15, 0.2) is 12.4 Å². The summed E-state index contributed by atoms with van der Waals surface area (Å²) in [5.41, 5.74) is 0. The molecule has 17 heavy (non-hydrogen) atoms. The van der Waals surface area contributed by atoms with Crippen LogP contribution in [0.5, 0.6) is 5.75 Å². The van der Waals surface area contributed by atoms with Gasteiger partial charge in [0.25, 0.3) is 0 Å². The van der Waals surface area contributed by atoms with E-state index in [2.05, 4.69) is 27.1 Å². The van der Waals surface area contributed by atoms with Gasteiger partial charge in [0.1, 0.15) is 0 Å². The molecule has 1 atom stereocenters. The van der Waals surface area contributed by atoms with E-state index < -0.39 is 0 Å². The highest BCUT2D eigenvalue weighted by atomic mass is 16.5. The molecule has 1 unspecified atom stereocenters. The zero-order chi connectivity index (χ0) is 12.1. The summed E-state index contributed by atoms with van der Waals surface area (Å²) in [5, 5.41) is 3.49. The standard InChI is InChI=1S/C12H20N4O/c1-3-16(9-10-5-4-6-13-10)12-14-7-11(17-2)8-15-12/h7-8,10,13H,3-6,9H2,1-2H3. The van der Waals surface area contributed by atoms with Crippen molar-refractivity contribution in [3.63, 3.8) is 0 Å². The van der Waals surface area contributed by atoms with Crippen LogP contribution in [0, 0.1) is 0 Å². The molecule has 0 aliphatic carbocycles. The lowest BCUT2D eigenvalue weighted by Crippen LogP contribution is -2.38. The number of hydrogen-bond acceptors (Lipinski definition) is 5. The third kappa shape index (κ3) is 3.06. The number of hydrogen-bond donors (Lipinski definition) is 1. The minimum atomic E-state index is 0.570. The Hall–Kier alpha value is -1.36. The molecular formula is C12H20N4O. The van der Waals surface area contributed by atoms with Crippen LogP contribution in [0.2, 0.25) is 0 Å². The SMILES string of the molecule is CCN(CC1CCCN1)c1ncc(OC)cn1. The summed E-state index contributed by atoms with van der Waals surface area (Å²) in [5.74, 6) is 1.48. The van der Waals surface area contributed by atoms with Gasteiger partial charge in [0.05, 0.1) is 19.5 Å². The molecule has 0 saturated carbocycles. The summed E-state index contributed by atoms with van der Waals surface area (Å²) in [6.07, 6.45) is 5.94. The third-order valence-electron chi connectivity index (χ3n) is 3.12. The van der Waals surface area contributed by atoms with Crippen LogP contribution < -0.4 is 15.0 Å². The van der Waals surface area contributed by atoms with Gasteiger partial charge in [-0.25, -0.2) is 9.97 Å². The first-order valence-corrected chi connectivity index (χ1v) is 6.18. The van der Waals surface area contributed by atoms with Crippen LogP contribution in [0.1, 0.15) is 19.8 Å². The molecule has 1 aromatic rings. The lowest BCUT2D eigenvalue weighted by atomic mass is 10.2. The van der Waals surface area contributed by atoms with Crippen LogP contribution in [0.25, 0.3) is 0 Å². The number of likely N-dealkylation sites (N-methyl/N-ethyl adjacent to an activating group) is 1. The van der Waals surface area contributed by atoms with Crippen molar-refractivity contribution in [3.8, 4) is 5.75 Å². The average molecular weight is 236 g/mol. The first-order chi connectivity index (χ1) is 8.33. The van der Waals surface area contributed by atoms with Gasteiger partial charge in [-0.1, -0.05) is 0 Å². The monoisotopic (exact) mass is 236 g/mol. The number of nitrogens with zero attached hydrogens (tertiary/aromatic N) is 3. The number of nitrogens with one attached hydrogen (secondary N) is 1. The van der Waals surface area contributed by atoms with Crippen LogP contribution in [0.3, 0.4) is 0 Å². The molecule has 94 valence electrons. The quantitative estimate of drug-likeness (QED) is 0.828. The summed E-state index contributed by atoms with van der Waals surface area (Å²) < 4.78 is 5.06. The van der Waals surface area contributed by atoms with E-state index in [1.807, 2.05) is 0 Å². The minimum Gasteiger partial charge on any atom is -0.494 e. The van der Waals surface area contributed by atoms with E-state index in [4.69, 9.17) is 4.74 Å². The largest absolute Gasteiger partial charge is 0.494 e. The molecule has 0 bridgehead atoms. The van der Waals surface area contributed by atoms with E-state index in [-0.39, 0.29) is 0 Å². The van der Waals surface area contributed by atoms with Crippen LogP contribution in [-0.2, 0) is 0 Å². The maximum Gasteiger partial charge on any atom is 0.225 e. The summed E-state index contributed by atoms with van der Waals surface area (Å²) in [6, 6.07) is 0.570. The van der Waals surface area contributed by atoms with Gasteiger partial charge in [0.2, 0.25) is 5.95 Å². The Morgan fingerprint density at radius 1 is 1.47 bits per heavy atom. The van der Waals surface area contributed by atoms with E-state index in [1.54, 1.807) is 19.5 Å². The van der Waals surface area contributed by atoms with Gasteiger partial charge in [-0.2, -0.15) is 0 Å². The highest BCUT2D eigenvalue weighted by Gasteiger charge is 2.18. The zero-order valence-electron chi connectivity index (χ0n) is 10.5. The van der Waals surface area contributed by atoms with Crippen molar-refractivity contribution in [2.45, 2.75) is 25.8 Å². The van der Waals surface area contributed by atoms with Gasteiger partial charge in [-0.3, -0.25) is 0 Å². The van der Waals surface area contributed by atoms with E-state index in [9.17, 15) is 0 Å². The van der Waals surface area contributed by atoms with Gasteiger partial charge in [-0.15, -0.1) is 0 Å². The Morgan fingerprint density at radius 3 is 2.76 bits per heavy atom. The van der Waals surface area contributed by atoms with Gasteiger partial charge in [0.15, 0.2) is 5.75 Å². The Balaban J connectivity index is 2.00. The fraction of sp³-hybridized carbons (Fsp3) is 0.667. The van der Waals surface area contributed by atoms with Gasteiger partial charge >= 0.3 is 0 Å². The Bertz CT molecular complexity index is 335. The number of rotatable bonds is 5. The lowest BCUT2D eigenvalue weighted by Gasteiger charge is -2.24. The average Bonchev–Trinajstić information content (AvgIpc) is 2.89. The first-order valence-electron chi connectivity index (χ1n) is 6.18. The van der Waals surface area contributed by atoms with E-state index in [1.165, 1.54) is 12.8 Å². The molecule has 1 N–H and O–H groups in total. The van der Waals surface area contributed by atoms with Crippen LogP contribution >= 0.6 is 0 Å². The third-order valence-corrected chi connectivity index (χ3v) is 3.12. The van der Waals surface area contributed by atoms with E-state index in [0.717, 1.165) is 25.6 Å². The molecule has 1 aromatic heterocycles. The van der Waals surface area contributed by atoms with Crippen molar-refractivity contribution in [1.29, 1.82) is 0 Å². The van der Waals surface area contributed by atoms with Crippen molar-refractivity contribution in [2.24, 2.45) is 0 Å². The Kier molecular flexibility index (Phi) is 4.14. The highest BCUT2D eigenvalue weighted by Crippen LogP contribution is 2.14. The molecule has 5 heteroatoms. The number of methoxy groups -OCH3 is 1. The summed E-state index contributed by atoms with van der Waals surface area (Å²) in [7, 11) is 1.62. The molecular weight excluding hydrogens is 216 g/mol. The predicted molar refractivity (Wildman–Crippen MR) is 67.5 cm³/mol. The predicted octanol–water partition coefficient (Wildman–Crippen LogP) is 1.06. The molecule has 0 spiro atoms. The van der Waals surface area contributed by atoms with E-state index in [0.29, 0.717) is 11.8 Å². The van der Waals surface area contributed by atoms with Crippen molar-refractivity contribution >= 4 is 5.95 Å². The van der Waals surface area contributed by atoms with Crippen molar-refractivity contribution in [3.05, 3.63) is 12.4 Å². The van der Waals surface area contributed by atoms with Crippen molar-refractivity contribution < 1.29 is 4.74 Å². The molecule has 1 aliphatic rings. The lowest BCUT2D eigenvalue weighted by molar-refractivity contribution is 0.410. The minimum absolute atomic E-state index is 0.570. The second kappa shape index (κ2) is 5.82. The number of anilines is 1. The molecule has 1 aliphatic heterocycles. The normalized spacial score (nSPS) is 19.3. The molecule has 2 heterocycles. The molecule has 0 aromatic carbocycles. The fourth-order valence-electron chi connectivity index (χ4n) is 2.11. The van der Waals surface area contributed by atoms with Gasteiger partial charge < -0.3 is 15.0 Å². The topological polar surface area (TPSA) is 50.3 Å². The molecule has 5 nitrogen and oxygen atoms in total. The van der Waals surface area contributed by atoms with Crippen molar-refractivity contribution in [1.82, 2.24) is 15.3 Å². The maximum absolute atomic E-state index is 5.06. The maximum atomic E-state index is 5.06. The molecule has 0 radical (unpaired) electrons. The zero-order valence-corrected chi connectivity index (χ0v) is 10.5. The summed E-state index contributed by atoms with van der Waals surface area (Å²) >= 11 is 0. The van der Waals surface area contributed by atoms with Crippen LogP contribution in [-0.4, -0.2) is 42.8 Å². The Morgan fingerprint density at radius 2 is 2.24 bits per heavy atom. The number of aromatic nitrogens is 2. The number of ether oxygens (including phenoxy) is 1. The summed E-state index contributed by atoms with van der Waals surface area (Å²) in [4.78, 5) is 10.8. The highest BCUT2D eigenvalue weighted by molar-refractivity contribution is 5.31. The molecule has 2 rings (SSSR count). The van der Waals surface area contributed by atoms with Crippen LogP contribution in [0.4, 0.5) is 5.95 Å². The summed E-state index contributed by atoms with van der Waals surface area (Å²) in [6.45, 7) is 5.15. The first kappa shape index (κ1) is 12.1. The second-order valence-electron chi connectivity index (χ2n) is 4.25. The fourth-order valence-corrected chi connectivity index (χ4v) is 2.11. The molecule has 1 saturated heterocycles. The van der Waals surface area contributed by atoms with Gasteiger partial charge in [-0.05, 0) is 26.3 Å².